The standard InChI is InChI=1S/C23H24N2O5S/c1-30-21-15-13-20(14-16-21)18-24(17-7-10-19-8-3-2-4-9-19)31(28,29)23-12-6-5-11-22(23)25(26)27/h2-6,8-9,11-16H,7,10,17-18H2,1H3. The molecule has 0 saturated heterocycles. The zero-order chi connectivity index (χ0) is 22.3. The van der Waals surface area contributed by atoms with Gasteiger partial charge in [-0.1, -0.05) is 54.6 Å². The molecule has 0 amide bonds. The zero-order valence-electron chi connectivity index (χ0n) is 17.2. The molecular formula is C23H24N2O5S. The van der Waals surface area contributed by atoms with E-state index in [0.29, 0.717) is 18.6 Å². The summed E-state index contributed by atoms with van der Waals surface area (Å²) in [5, 5.41) is 11.4. The maximum absolute atomic E-state index is 13.4. The molecule has 0 N–H and O–H groups in total. The normalized spacial score (nSPS) is 11.4. The van der Waals surface area contributed by atoms with Crippen LogP contribution in [-0.2, 0) is 23.0 Å². The minimum Gasteiger partial charge on any atom is -0.497 e. The summed E-state index contributed by atoms with van der Waals surface area (Å²) in [5.74, 6) is 0.668. The molecule has 0 aliphatic carbocycles. The molecule has 3 aromatic carbocycles. The van der Waals surface area contributed by atoms with Gasteiger partial charge in [0.1, 0.15) is 5.75 Å². The quantitative estimate of drug-likeness (QED) is 0.344. The number of methoxy groups -OCH3 is 1. The van der Waals surface area contributed by atoms with E-state index in [2.05, 4.69) is 0 Å². The lowest BCUT2D eigenvalue weighted by Crippen LogP contribution is -2.32. The molecule has 31 heavy (non-hydrogen) atoms. The fourth-order valence-corrected chi connectivity index (χ4v) is 4.91. The first-order chi connectivity index (χ1) is 14.9. The highest BCUT2D eigenvalue weighted by atomic mass is 32.2. The molecule has 3 rings (SSSR count). The summed E-state index contributed by atoms with van der Waals surface area (Å²) in [6.45, 7) is 0.336. The van der Waals surface area contributed by atoms with E-state index in [1.165, 1.54) is 28.6 Å². The van der Waals surface area contributed by atoms with Crippen LogP contribution in [0.4, 0.5) is 5.69 Å². The lowest BCUT2D eigenvalue weighted by molar-refractivity contribution is -0.387. The van der Waals surface area contributed by atoms with E-state index in [0.717, 1.165) is 11.1 Å². The number of rotatable bonds is 10. The number of ether oxygens (including phenoxy) is 1. The van der Waals surface area contributed by atoms with E-state index in [-0.39, 0.29) is 18.0 Å². The van der Waals surface area contributed by atoms with Crippen LogP contribution in [0.5, 0.6) is 5.75 Å². The Labute approximate surface area is 182 Å². The number of nitro benzene ring substituents is 1. The Morgan fingerprint density at radius 1 is 0.903 bits per heavy atom. The first-order valence-electron chi connectivity index (χ1n) is 9.82. The molecule has 7 nitrogen and oxygen atoms in total. The van der Waals surface area contributed by atoms with E-state index in [1.54, 1.807) is 31.4 Å². The van der Waals surface area contributed by atoms with Crippen molar-refractivity contribution in [3.8, 4) is 5.75 Å². The summed E-state index contributed by atoms with van der Waals surface area (Å²) < 4.78 is 33.3. The van der Waals surface area contributed by atoms with Gasteiger partial charge in [0.15, 0.2) is 4.90 Å². The predicted molar refractivity (Wildman–Crippen MR) is 118 cm³/mol. The van der Waals surface area contributed by atoms with Crippen molar-refractivity contribution < 1.29 is 18.1 Å². The molecule has 0 aromatic heterocycles. The third-order valence-corrected chi connectivity index (χ3v) is 6.81. The number of sulfonamides is 1. The van der Waals surface area contributed by atoms with Gasteiger partial charge < -0.3 is 4.74 Å². The number of aryl methyl sites for hydroxylation is 1. The van der Waals surface area contributed by atoms with Crippen molar-refractivity contribution in [2.24, 2.45) is 0 Å². The fourth-order valence-electron chi connectivity index (χ4n) is 3.29. The minimum absolute atomic E-state index is 0.104. The Hall–Kier alpha value is -3.23. The van der Waals surface area contributed by atoms with Crippen molar-refractivity contribution >= 4 is 15.7 Å². The van der Waals surface area contributed by atoms with Crippen molar-refractivity contribution in [1.29, 1.82) is 0 Å². The molecule has 0 spiro atoms. The lowest BCUT2D eigenvalue weighted by atomic mass is 10.1. The molecule has 0 aliphatic heterocycles. The van der Waals surface area contributed by atoms with Gasteiger partial charge in [0, 0.05) is 19.2 Å². The zero-order valence-corrected chi connectivity index (χ0v) is 18.0. The monoisotopic (exact) mass is 440 g/mol. The highest BCUT2D eigenvalue weighted by Gasteiger charge is 2.31. The van der Waals surface area contributed by atoms with Crippen LogP contribution in [0.2, 0.25) is 0 Å². The first-order valence-corrected chi connectivity index (χ1v) is 11.3. The van der Waals surface area contributed by atoms with Crippen LogP contribution >= 0.6 is 0 Å². The Balaban J connectivity index is 1.88. The van der Waals surface area contributed by atoms with Gasteiger partial charge >= 0.3 is 0 Å². The highest BCUT2D eigenvalue weighted by Crippen LogP contribution is 2.28. The van der Waals surface area contributed by atoms with Crippen LogP contribution in [0, 0.1) is 10.1 Å². The molecule has 8 heteroatoms. The van der Waals surface area contributed by atoms with Crippen LogP contribution < -0.4 is 4.74 Å². The van der Waals surface area contributed by atoms with Crippen LogP contribution in [-0.4, -0.2) is 31.3 Å². The topological polar surface area (TPSA) is 89.8 Å². The summed E-state index contributed by atoms with van der Waals surface area (Å²) >= 11 is 0. The van der Waals surface area contributed by atoms with Crippen LogP contribution in [0.25, 0.3) is 0 Å². The van der Waals surface area contributed by atoms with Gasteiger partial charge in [0.05, 0.1) is 12.0 Å². The van der Waals surface area contributed by atoms with E-state index < -0.39 is 20.6 Å². The molecule has 0 radical (unpaired) electrons. The number of nitro groups is 1. The second kappa shape index (κ2) is 10.2. The van der Waals surface area contributed by atoms with Gasteiger partial charge in [-0.25, -0.2) is 8.42 Å². The maximum atomic E-state index is 13.4. The second-order valence-electron chi connectivity index (χ2n) is 7.00. The molecule has 0 bridgehead atoms. The largest absolute Gasteiger partial charge is 0.497 e. The third kappa shape index (κ3) is 5.68. The molecule has 162 valence electrons. The van der Waals surface area contributed by atoms with Crippen LogP contribution in [0.1, 0.15) is 17.5 Å². The Morgan fingerprint density at radius 2 is 1.55 bits per heavy atom. The summed E-state index contributed by atoms with van der Waals surface area (Å²) in [5.41, 5.74) is 1.45. The number of benzene rings is 3. The van der Waals surface area contributed by atoms with Gasteiger partial charge in [-0.3, -0.25) is 10.1 Å². The van der Waals surface area contributed by atoms with Crippen molar-refractivity contribution in [1.82, 2.24) is 4.31 Å². The Kier molecular flexibility index (Phi) is 7.38. The molecule has 0 saturated carbocycles. The van der Waals surface area contributed by atoms with Gasteiger partial charge in [-0.15, -0.1) is 0 Å². The van der Waals surface area contributed by atoms with Gasteiger partial charge in [-0.2, -0.15) is 4.31 Å². The van der Waals surface area contributed by atoms with Crippen molar-refractivity contribution in [3.63, 3.8) is 0 Å². The number of hydrogen-bond acceptors (Lipinski definition) is 5. The SMILES string of the molecule is COc1ccc(CN(CCCc2ccccc2)S(=O)(=O)c2ccccc2[N+](=O)[O-])cc1. The molecule has 3 aromatic rings. The fraction of sp³-hybridized carbons (Fsp3) is 0.217. The molecule has 0 heterocycles. The van der Waals surface area contributed by atoms with Gasteiger partial charge in [0.2, 0.25) is 10.0 Å². The second-order valence-corrected chi connectivity index (χ2v) is 8.91. The summed E-state index contributed by atoms with van der Waals surface area (Å²) in [7, 11) is -2.53. The van der Waals surface area contributed by atoms with Crippen molar-refractivity contribution in [3.05, 3.63) is 100 Å². The molecule has 0 aliphatic rings. The smallest absolute Gasteiger partial charge is 0.289 e. The average Bonchev–Trinajstić information content (AvgIpc) is 2.79. The van der Waals surface area contributed by atoms with Gasteiger partial charge in [0.25, 0.3) is 5.69 Å². The molecule has 0 unspecified atom stereocenters. The lowest BCUT2D eigenvalue weighted by Gasteiger charge is -2.22. The molecular weight excluding hydrogens is 416 g/mol. The molecule has 0 atom stereocenters. The molecule has 0 fully saturated rings. The Bertz CT molecular complexity index is 1120. The van der Waals surface area contributed by atoms with E-state index >= 15 is 0 Å². The average molecular weight is 441 g/mol. The van der Waals surface area contributed by atoms with E-state index in [4.69, 9.17) is 4.74 Å². The summed E-state index contributed by atoms with van der Waals surface area (Å²) in [4.78, 5) is 10.5. The Morgan fingerprint density at radius 3 is 2.19 bits per heavy atom. The predicted octanol–water partition coefficient (Wildman–Crippen LogP) is 4.43. The maximum Gasteiger partial charge on any atom is 0.289 e. The summed E-state index contributed by atoms with van der Waals surface area (Å²) in [6, 6.07) is 22.3. The van der Waals surface area contributed by atoms with Gasteiger partial charge in [-0.05, 0) is 42.2 Å². The summed E-state index contributed by atoms with van der Waals surface area (Å²) in [6.07, 6.45) is 1.28. The van der Waals surface area contributed by atoms with Crippen LogP contribution in [0.15, 0.2) is 83.8 Å². The number of hydrogen-bond donors (Lipinski definition) is 0. The number of nitrogens with zero attached hydrogens (tertiary/aromatic N) is 2. The van der Waals surface area contributed by atoms with E-state index in [1.807, 2.05) is 30.3 Å². The minimum atomic E-state index is -4.08. The number of para-hydroxylation sites is 1. The van der Waals surface area contributed by atoms with Crippen molar-refractivity contribution in [2.45, 2.75) is 24.3 Å². The first kappa shape index (κ1) is 22.5. The van der Waals surface area contributed by atoms with Crippen molar-refractivity contribution in [2.75, 3.05) is 13.7 Å². The van der Waals surface area contributed by atoms with Crippen LogP contribution in [0.3, 0.4) is 0 Å². The third-order valence-electron chi connectivity index (χ3n) is 4.91. The highest BCUT2D eigenvalue weighted by molar-refractivity contribution is 7.89. The van der Waals surface area contributed by atoms with E-state index in [9.17, 15) is 18.5 Å².